The molecular weight excluding hydrogens is 593 g/mol. The molecule has 6 rings (SSSR count). The van der Waals surface area contributed by atoms with Crippen LogP contribution in [0.4, 0.5) is 35.3 Å². The number of rotatable bonds is 6. The van der Waals surface area contributed by atoms with Gasteiger partial charge in [0, 0.05) is 37.9 Å². The summed E-state index contributed by atoms with van der Waals surface area (Å²) in [4.78, 5) is 39.5. The van der Waals surface area contributed by atoms with E-state index in [0.717, 1.165) is 22.0 Å². The van der Waals surface area contributed by atoms with E-state index < -0.39 is 17.6 Å². The first-order valence-corrected chi connectivity index (χ1v) is 15.1. The molecule has 0 spiro atoms. The molecule has 2 fully saturated rings. The van der Waals surface area contributed by atoms with Gasteiger partial charge in [0.1, 0.15) is 17.1 Å². The number of carbonyl (C=O) groups excluding carboxylic acids is 2. The Labute approximate surface area is 255 Å². The summed E-state index contributed by atoms with van der Waals surface area (Å²) in [6.45, 7) is 7.88. The van der Waals surface area contributed by atoms with Crippen LogP contribution in [0.15, 0.2) is 48.0 Å². The second-order valence-corrected chi connectivity index (χ2v) is 12.1. The van der Waals surface area contributed by atoms with Gasteiger partial charge in [-0.3, -0.25) is 15.1 Å². The van der Waals surface area contributed by atoms with E-state index in [1.807, 2.05) is 23.3 Å². The van der Waals surface area contributed by atoms with Gasteiger partial charge in [0.2, 0.25) is 0 Å². The highest BCUT2D eigenvalue weighted by atomic mass is 32.1. The zero-order valence-corrected chi connectivity index (χ0v) is 25.2. The van der Waals surface area contributed by atoms with Crippen LogP contribution in [0.5, 0.6) is 0 Å². The molecular formula is C30H31F3N8O2S. The number of halogens is 3. The van der Waals surface area contributed by atoms with Crippen molar-refractivity contribution in [3.63, 3.8) is 0 Å². The van der Waals surface area contributed by atoms with Crippen LogP contribution in [0.2, 0.25) is 0 Å². The molecule has 0 bridgehead atoms. The minimum Gasteiger partial charge on any atom is -0.353 e. The standard InChI is InChI=1S/C30H31F3N8O2S/c1-18-8-15-44-26(18)27(42)40-13-11-39(12-14-40)24-7-6-22(20(3)35-24)36-28(43)37-25-16-23(29(9-10-29)30(31,32)33)38-41(25)21-5-4-19(2)34-17-21/h4-8,15-17H,9-14H2,1-3H3,(H2,36,37,43). The average molecular weight is 625 g/mol. The van der Waals surface area contributed by atoms with E-state index in [-0.39, 0.29) is 30.3 Å². The Morgan fingerprint density at radius 3 is 2.32 bits per heavy atom. The molecule has 0 radical (unpaired) electrons. The van der Waals surface area contributed by atoms with Crippen LogP contribution < -0.4 is 15.5 Å². The van der Waals surface area contributed by atoms with Gasteiger partial charge in [-0.15, -0.1) is 11.3 Å². The lowest BCUT2D eigenvalue weighted by Gasteiger charge is -2.35. The fraction of sp³-hybridized carbons (Fsp3) is 0.367. The molecule has 230 valence electrons. The molecule has 0 atom stereocenters. The summed E-state index contributed by atoms with van der Waals surface area (Å²) in [5.41, 5.74) is 0.998. The summed E-state index contributed by atoms with van der Waals surface area (Å²) in [5, 5.41) is 11.6. The summed E-state index contributed by atoms with van der Waals surface area (Å²) in [7, 11) is 0. The fourth-order valence-corrected chi connectivity index (χ4v) is 6.19. The maximum Gasteiger partial charge on any atom is 0.400 e. The van der Waals surface area contributed by atoms with Crippen molar-refractivity contribution in [2.75, 3.05) is 41.7 Å². The summed E-state index contributed by atoms with van der Waals surface area (Å²) in [6, 6.07) is 9.50. The molecule has 10 nitrogen and oxygen atoms in total. The number of nitrogens with zero attached hydrogens (tertiary/aromatic N) is 6. The van der Waals surface area contributed by atoms with Crippen molar-refractivity contribution in [1.82, 2.24) is 24.6 Å². The van der Waals surface area contributed by atoms with Crippen LogP contribution in [0, 0.1) is 20.8 Å². The SMILES string of the molecule is Cc1ccc(-n2nc(C3(C(F)(F)F)CC3)cc2NC(=O)Nc2ccc(N3CCN(C(=O)c4sccc4C)CC3)nc2C)cn1. The second kappa shape index (κ2) is 11.2. The number of piperazine rings is 1. The number of urea groups is 1. The van der Waals surface area contributed by atoms with E-state index in [2.05, 4.69) is 30.6 Å². The molecule has 2 N–H and O–H groups in total. The van der Waals surface area contributed by atoms with Crippen LogP contribution in [0.3, 0.4) is 0 Å². The van der Waals surface area contributed by atoms with Crippen molar-refractivity contribution in [2.45, 2.75) is 45.2 Å². The monoisotopic (exact) mass is 624 g/mol. The van der Waals surface area contributed by atoms with E-state index in [0.29, 0.717) is 43.2 Å². The number of hydrogen-bond donors (Lipinski definition) is 2. The number of thiophene rings is 1. The number of nitrogens with one attached hydrogen (secondary N) is 2. The van der Waals surface area contributed by atoms with E-state index in [1.54, 1.807) is 38.1 Å². The molecule has 1 aliphatic carbocycles. The molecule has 1 saturated heterocycles. The first-order valence-electron chi connectivity index (χ1n) is 14.2. The number of hydrogen-bond acceptors (Lipinski definition) is 7. The topological polar surface area (TPSA) is 108 Å². The number of aromatic nitrogens is 4. The van der Waals surface area contributed by atoms with Crippen LogP contribution in [-0.2, 0) is 5.41 Å². The number of amides is 3. The Balaban J connectivity index is 1.14. The van der Waals surface area contributed by atoms with Crippen LogP contribution in [0.25, 0.3) is 5.69 Å². The molecule has 4 aromatic heterocycles. The average Bonchev–Trinajstić information content (AvgIpc) is 3.56. The van der Waals surface area contributed by atoms with Gasteiger partial charge >= 0.3 is 12.2 Å². The maximum absolute atomic E-state index is 13.9. The van der Waals surface area contributed by atoms with Gasteiger partial charge in [0.15, 0.2) is 0 Å². The van der Waals surface area contributed by atoms with Crippen LogP contribution in [-0.4, -0.2) is 68.9 Å². The fourth-order valence-electron chi connectivity index (χ4n) is 5.30. The Morgan fingerprint density at radius 2 is 1.73 bits per heavy atom. The van der Waals surface area contributed by atoms with Gasteiger partial charge in [-0.1, -0.05) is 0 Å². The Hall–Kier alpha value is -4.46. The van der Waals surface area contributed by atoms with E-state index in [1.165, 1.54) is 28.3 Å². The van der Waals surface area contributed by atoms with Crippen molar-refractivity contribution in [1.29, 1.82) is 0 Å². The first kappa shape index (κ1) is 29.6. The molecule has 4 aromatic rings. The van der Waals surface area contributed by atoms with Gasteiger partial charge in [-0.25, -0.2) is 14.5 Å². The number of carbonyl (C=O) groups is 2. The van der Waals surface area contributed by atoms with Crippen molar-refractivity contribution in [3.8, 4) is 5.69 Å². The molecule has 5 heterocycles. The Kier molecular flexibility index (Phi) is 7.56. The van der Waals surface area contributed by atoms with Crippen LogP contribution in [0.1, 0.15) is 45.2 Å². The second-order valence-electron chi connectivity index (χ2n) is 11.2. The lowest BCUT2D eigenvalue weighted by atomic mass is 10.0. The van der Waals surface area contributed by atoms with Gasteiger partial charge in [-0.05, 0) is 74.9 Å². The highest BCUT2D eigenvalue weighted by molar-refractivity contribution is 7.12. The molecule has 3 amide bonds. The normalized spacial score (nSPS) is 16.1. The molecule has 1 saturated carbocycles. The highest BCUT2D eigenvalue weighted by Gasteiger charge is 2.66. The summed E-state index contributed by atoms with van der Waals surface area (Å²) in [6.07, 6.45) is -3.06. The van der Waals surface area contributed by atoms with Gasteiger partial charge in [-0.2, -0.15) is 18.3 Å². The molecule has 14 heteroatoms. The Morgan fingerprint density at radius 1 is 0.977 bits per heavy atom. The highest BCUT2D eigenvalue weighted by Crippen LogP contribution is 2.58. The van der Waals surface area contributed by atoms with Crippen molar-refractivity contribution in [3.05, 3.63) is 75.5 Å². The third kappa shape index (κ3) is 5.61. The number of alkyl halides is 3. The number of anilines is 3. The zero-order valence-electron chi connectivity index (χ0n) is 24.4. The third-order valence-corrected chi connectivity index (χ3v) is 9.15. The zero-order chi connectivity index (χ0) is 31.2. The molecule has 0 aromatic carbocycles. The van der Waals surface area contributed by atoms with Gasteiger partial charge in [0.05, 0.1) is 33.8 Å². The minimum absolute atomic E-state index is 0.0460. The van der Waals surface area contributed by atoms with E-state index >= 15 is 0 Å². The van der Waals surface area contributed by atoms with E-state index in [9.17, 15) is 22.8 Å². The molecule has 44 heavy (non-hydrogen) atoms. The quantitative estimate of drug-likeness (QED) is 0.279. The van der Waals surface area contributed by atoms with Crippen molar-refractivity contribution >= 4 is 40.6 Å². The smallest absolute Gasteiger partial charge is 0.353 e. The summed E-state index contributed by atoms with van der Waals surface area (Å²) < 4.78 is 42.9. The minimum atomic E-state index is -4.45. The molecule has 1 aliphatic heterocycles. The predicted octanol–water partition coefficient (Wildman–Crippen LogP) is 5.85. The first-order chi connectivity index (χ1) is 20.9. The summed E-state index contributed by atoms with van der Waals surface area (Å²) in [5.74, 6) is 0.861. The van der Waals surface area contributed by atoms with Gasteiger partial charge in [0.25, 0.3) is 5.91 Å². The van der Waals surface area contributed by atoms with Crippen molar-refractivity contribution < 1.29 is 22.8 Å². The summed E-state index contributed by atoms with van der Waals surface area (Å²) >= 11 is 1.45. The maximum atomic E-state index is 13.9. The van der Waals surface area contributed by atoms with Crippen molar-refractivity contribution in [2.24, 2.45) is 0 Å². The number of pyridine rings is 2. The van der Waals surface area contributed by atoms with E-state index in [4.69, 9.17) is 0 Å². The Bertz CT molecular complexity index is 1700. The third-order valence-electron chi connectivity index (χ3n) is 8.14. The lowest BCUT2D eigenvalue weighted by molar-refractivity contribution is -0.161. The molecule has 0 unspecified atom stereocenters. The molecule has 2 aliphatic rings. The van der Waals surface area contributed by atoms with Gasteiger partial charge < -0.3 is 15.1 Å². The lowest BCUT2D eigenvalue weighted by Crippen LogP contribution is -2.49. The number of aryl methyl sites for hydroxylation is 3. The largest absolute Gasteiger partial charge is 0.400 e. The van der Waals surface area contributed by atoms with Crippen LogP contribution >= 0.6 is 11.3 Å². The predicted molar refractivity (Wildman–Crippen MR) is 162 cm³/mol.